The van der Waals surface area contributed by atoms with Crippen molar-refractivity contribution in [2.45, 2.75) is 40.5 Å². The van der Waals surface area contributed by atoms with Crippen LogP contribution in [0, 0.1) is 5.92 Å². The number of rotatable bonds is 4. The molecule has 22 heavy (non-hydrogen) atoms. The van der Waals surface area contributed by atoms with Crippen molar-refractivity contribution in [3.63, 3.8) is 0 Å². The number of fused-ring (bicyclic) bond motifs is 1. The average Bonchev–Trinajstić information content (AvgIpc) is 2.47. The summed E-state index contributed by atoms with van der Waals surface area (Å²) in [6, 6.07) is 12.5. The summed E-state index contributed by atoms with van der Waals surface area (Å²) in [7, 11) is 0. The van der Waals surface area contributed by atoms with Crippen LogP contribution in [0.25, 0.3) is 10.9 Å². The Labute approximate surface area is 132 Å². The molecule has 1 heterocycles. The van der Waals surface area contributed by atoms with Gasteiger partial charge in [0.2, 0.25) is 0 Å². The van der Waals surface area contributed by atoms with E-state index in [-0.39, 0.29) is 0 Å². The highest BCUT2D eigenvalue weighted by atomic mass is 16.4. The van der Waals surface area contributed by atoms with E-state index >= 15 is 0 Å². The Morgan fingerprint density at radius 3 is 2.45 bits per heavy atom. The van der Waals surface area contributed by atoms with E-state index in [1.165, 1.54) is 11.1 Å². The molecule has 2 aromatic rings. The van der Waals surface area contributed by atoms with Crippen molar-refractivity contribution in [3.8, 4) is 0 Å². The van der Waals surface area contributed by atoms with Gasteiger partial charge in [0.05, 0.1) is 5.52 Å². The molecule has 3 nitrogen and oxygen atoms in total. The van der Waals surface area contributed by atoms with Gasteiger partial charge in [-0.05, 0) is 37.8 Å². The molecule has 0 aliphatic carbocycles. The van der Waals surface area contributed by atoms with E-state index in [0.29, 0.717) is 11.5 Å². The molecule has 0 radical (unpaired) electrons. The largest absolute Gasteiger partial charge is 0.478 e. The highest BCUT2D eigenvalue weighted by Gasteiger charge is 2.00. The van der Waals surface area contributed by atoms with Crippen molar-refractivity contribution < 1.29 is 9.90 Å². The first-order valence-corrected chi connectivity index (χ1v) is 7.68. The normalized spacial score (nSPS) is 11.2. The standard InChI is InChI=1S/C13H15N.C6H10O2/c1-10(2)9-12-8-7-11-5-3-4-6-13(11)14-12;1-3-4-5(2)6(7)8/h3-8,10H,9H2,1-2H3;4H,3H2,1-2H3,(H,7,8). The molecular formula is C19H25NO2. The lowest BCUT2D eigenvalue weighted by Gasteiger charge is -2.04. The minimum absolute atomic E-state index is 0.424. The van der Waals surface area contributed by atoms with Crippen LogP contribution in [0.4, 0.5) is 0 Å². The van der Waals surface area contributed by atoms with Gasteiger partial charge in [0.15, 0.2) is 0 Å². The Bertz CT molecular complexity index is 645. The second-order valence-corrected chi connectivity index (χ2v) is 5.69. The zero-order valence-corrected chi connectivity index (χ0v) is 13.8. The maximum Gasteiger partial charge on any atom is 0.330 e. The molecule has 3 heteroatoms. The third-order valence-electron chi connectivity index (χ3n) is 3.12. The van der Waals surface area contributed by atoms with Crippen LogP contribution >= 0.6 is 0 Å². The molecule has 1 aromatic carbocycles. The number of pyridine rings is 1. The minimum Gasteiger partial charge on any atom is -0.478 e. The van der Waals surface area contributed by atoms with Crippen molar-refractivity contribution in [2.75, 3.05) is 0 Å². The molecule has 0 atom stereocenters. The van der Waals surface area contributed by atoms with E-state index in [9.17, 15) is 4.79 Å². The topological polar surface area (TPSA) is 50.2 Å². The zero-order chi connectivity index (χ0) is 16.5. The smallest absolute Gasteiger partial charge is 0.330 e. The molecule has 2 rings (SSSR count). The predicted octanol–water partition coefficient (Wildman–Crippen LogP) is 4.86. The summed E-state index contributed by atoms with van der Waals surface area (Å²) in [5.74, 6) is -0.157. The van der Waals surface area contributed by atoms with E-state index in [1.54, 1.807) is 13.0 Å². The number of hydrogen-bond acceptors (Lipinski definition) is 2. The highest BCUT2D eigenvalue weighted by molar-refractivity contribution is 5.85. The van der Waals surface area contributed by atoms with Crippen molar-refractivity contribution in [1.29, 1.82) is 0 Å². The van der Waals surface area contributed by atoms with Crippen LogP contribution in [0.2, 0.25) is 0 Å². The molecule has 1 aromatic heterocycles. The fourth-order valence-corrected chi connectivity index (χ4v) is 2.03. The van der Waals surface area contributed by atoms with Gasteiger partial charge in [-0.25, -0.2) is 4.79 Å². The summed E-state index contributed by atoms with van der Waals surface area (Å²) in [5, 5.41) is 9.47. The second kappa shape index (κ2) is 8.98. The number of nitrogens with zero attached hydrogens (tertiary/aromatic N) is 1. The minimum atomic E-state index is -0.827. The van der Waals surface area contributed by atoms with Crippen molar-refractivity contribution in [3.05, 3.63) is 53.7 Å². The van der Waals surface area contributed by atoms with Crippen molar-refractivity contribution >= 4 is 16.9 Å². The van der Waals surface area contributed by atoms with Gasteiger partial charge < -0.3 is 5.11 Å². The quantitative estimate of drug-likeness (QED) is 0.820. The Morgan fingerprint density at radius 2 is 1.91 bits per heavy atom. The number of benzene rings is 1. The third-order valence-corrected chi connectivity index (χ3v) is 3.12. The molecular weight excluding hydrogens is 274 g/mol. The first kappa shape index (κ1) is 17.9. The summed E-state index contributed by atoms with van der Waals surface area (Å²) in [4.78, 5) is 14.6. The van der Waals surface area contributed by atoms with Gasteiger partial charge in [0.25, 0.3) is 0 Å². The van der Waals surface area contributed by atoms with Crippen LogP contribution in [-0.4, -0.2) is 16.1 Å². The number of carboxylic acids is 1. The summed E-state index contributed by atoms with van der Waals surface area (Å²) >= 11 is 0. The molecule has 1 N–H and O–H groups in total. The Balaban J connectivity index is 0.000000261. The number of carbonyl (C=O) groups is 1. The Hall–Kier alpha value is -2.16. The van der Waals surface area contributed by atoms with Gasteiger partial charge in [-0.2, -0.15) is 0 Å². The first-order valence-electron chi connectivity index (χ1n) is 7.68. The van der Waals surface area contributed by atoms with Crippen molar-refractivity contribution in [1.82, 2.24) is 4.98 Å². The first-order chi connectivity index (χ1) is 10.4. The van der Waals surface area contributed by atoms with Gasteiger partial charge in [0.1, 0.15) is 0 Å². The van der Waals surface area contributed by atoms with Crippen LogP contribution in [0.3, 0.4) is 0 Å². The lowest BCUT2D eigenvalue weighted by Crippen LogP contribution is -1.96. The highest BCUT2D eigenvalue weighted by Crippen LogP contribution is 2.13. The molecule has 0 aliphatic heterocycles. The Kier molecular flexibility index (Phi) is 7.30. The summed E-state index contributed by atoms with van der Waals surface area (Å²) in [5.41, 5.74) is 2.72. The van der Waals surface area contributed by atoms with Crippen molar-refractivity contribution in [2.24, 2.45) is 5.92 Å². The van der Waals surface area contributed by atoms with Gasteiger partial charge in [0, 0.05) is 16.7 Å². The zero-order valence-electron chi connectivity index (χ0n) is 13.8. The number of carboxylic acid groups (broad SMARTS) is 1. The molecule has 0 unspecified atom stereocenters. The summed E-state index contributed by atoms with van der Waals surface area (Å²) < 4.78 is 0. The molecule has 0 spiro atoms. The van der Waals surface area contributed by atoms with Gasteiger partial charge in [-0.15, -0.1) is 0 Å². The van der Waals surface area contributed by atoms with Crippen LogP contribution in [-0.2, 0) is 11.2 Å². The van der Waals surface area contributed by atoms with E-state index in [1.807, 2.05) is 19.1 Å². The fraction of sp³-hybridized carbons (Fsp3) is 0.368. The van der Waals surface area contributed by atoms with Crippen LogP contribution in [0.1, 0.15) is 39.8 Å². The number of aromatic nitrogens is 1. The maximum absolute atomic E-state index is 10.0. The van der Waals surface area contributed by atoms with Crippen LogP contribution in [0.5, 0.6) is 0 Å². The lowest BCUT2D eigenvalue weighted by molar-refractivity contribution is -0.132. The van der Waals surface area contributed by atoms with E-state index in [2.05, 4.69) is 43.1 Å². The number of aliphatic carboxylic acids is 1. The molecule has 118 valence electrons. The molecule has 0 saturated heterocycles. The van der Waals surface area contributed by atoms with E-state index in [4.69, 9.17) is 5.11 Å². The van der Waals surface area contributed by atoms with Crippen LogP contribution in [0.15, 0.2) is 48.0 Å². The second-order valence-electron chi connectivity index (χ2n) is 5.69. The Morgan fingerprint density at radius 1 is 1.23 bits per heavy atom. The predicted molar refractivity (Wildman–Crippen MR) is 92.0 cm³/mol. The van der Waals surface area contributed by atoms with Gasteiger partial charge in [-0.1, -0.05) is 51.1 Å². The molecule has 0 fully saturated rings. The number of hydrogen-bond donors (Lipinski definition) is 1. The van der Waals surface area contributed by atoms with Gasteiger partial charge in [-0.3, -0.25) is 4.98 Å². The van der Waals surface area contributed by atoms with E-state index < -0.39 is 5.97 Å². The SMILES string of the molecule is CC(C)Cc1ccc2ccccc2n1.CCC=C(C)C(=O)O. The molecule has 0 bridgehead atoms. The molecule has 0 aliphatic rings. The lowest BCUT2D eigenvalue weighted by atomic mass is 10.1. The summed E-state index contributed by atoms with van der Waals surface area (Å²) in [6.45, 7) is 7.94. The third kappa shape index (κ3) is 6.08. The van der Waals surface area contributed by atoms with E-state index in [0.717, 1.165) is 18.4 Å². The number of para-hydroxylation sites is 1. The van der Waals surface area contributed by atoms with Gasteiger partial charge >= 0.3 is 5.97 Å². The van der Waals surface area contributed by atoms with Crippen LogP contribution < -0.4 is 0 Å². The summed E-state index contributed by atoms with van der Waals surface area (Å²) in [6.07, 6.45) is 3.53. The molecule has 0 amide bonds. The maximum atomic E-state index is 10.0. The fourth-order valence-electron chi connectivity index (χ4n) is 2.03. The number of allylic oxidation sites excluding steroid dienone is 1. The monoisotopic (exact) mass is 299 g/mol. The molecule has 0 saturated carbocycles. The average molecular weight is 299 g/mol.